The monoisotopic (exact) mass is 351 g/mol. The van der Waals surface area contributed by atoms with Crippen LogP contribution in [0.15, 0.2) is 27.1 Å². The molecule has 0 aliphatic rings. The molecular weight excluding hydrogens is 347 g/mol. The number of carboxylic acids is 1. The first-order chi connectivity index (χ1) is 8.90. The van der Waals surface area contributed by atoms with E-state index in [0.717, 1.165) is 0 Å². The van der Waals surface area contributed by atoms with Gasteiger partial charge in [-0.25, -0.2) is 18.6 Å². The van der Waals surface area contributed by atoms with E-state index in [1.165, 1.54) is 12.1 Å². The number of oxazole rings is 1. The number of benzene rings is 1. The van der Waals surface area contributed by atoms with Gasteiger partial charge in [0.15, 0.2) is 5.69 Å². The molecule has 0 fully saturated rings. The van der Waals surface area contributed by atoms with Crippen LogP contribution in [-0.4, -0.2) is 16.1 Å². The van der Waals surface area contributed by atoms with Crippen LogP contribution in [0, 0.1) is 0 Å². The minimum absolute atomic E-state index is 0.202. The lowest BCUT2D eigenvalue weighted by molar-refractivity contribution is 0.0647. The molecule has 0 spiro atoms. The van der Waals surface area contributed by atoms with E-state index in [-0.39, 0.29) is 16.5 Å². The molecule has 4 nitrogen and oxygen atoms in total. The third kappa shape index (κ3) is 2.76. The number of alkyl halides is 2. The van der Waals surface area contributed by atoms with Crippen molar-refractivity contribution in [2.24, 2.45) is 0 Å². The van der Waals surface area contributed by atoms with E-state index in [1.807, 2.05) is 0 Å². The zero-order valence-electron chi connectivity index (χ0n) is 9.03. The number of halogens is 4. The Morgan fingerprint density at radius 2 is 2.16 bits per heavy atom. The number of aromatic carboxylic acids is 1. The fourth-order valence-electron chi connectivity index (χ4n) is 1.41. The van der Waals surface area contributed by atoms with Gasteiger partial charge in [0.1, 0.15) is 0 Å². The minimum Gasteiger partial charge on any atom is -0.475 e. The van der Waals surface area contributed by atoms with Crippen LogP contribution < -0.4 is 0 Å². The van der Waals surface area contributed by atoms with Gasteiger partial charge in [-0.05, 0) is 18.2 Å². The third-order valence-corrected chi connectivity index (χ3v) is 3.02. The standard InChI is InChI=1S/C11H5BrClF2NO3/c12-4-1-2-5(6(13)3-4)10-16-7(9(14)15)8(19-10)11(17)18/h1-3,9H,(H,17,18). The van der Waals surface area contributed by atoms with Crippen LogP contribution in [-0.2, 0) is 0 Å². The maximum absolute atomic E-state index is 12.7. The second-order valence-electron chi connectivity index (χ2n) is 3.46. The van der Waals surface area contributed by atoms with E-state index < -0.39 is 23.8 Å². The molecule has 19 heavy (non-hydrogen) atoms. The molecule has 100 valence electrons. The molecule has 0 aliphatic carbocycles. The lowest BCUT2D eigenvalue weighted by Gasteiger charge is -1.99. The van der Waals surface area contributed by atoms with Crippen LogP contribution >= 0.6 is 27.5 Å². The molecule has 1 heterocycles. The number of nitrogens with zero attached hydrogens (tertiary/aromatic N) is 1. The van der Waals surface area contributed by atoms with Crippen molar-refractivity contribution in [3.8, 4) is 11.5 Å². The van der Waals surface area contributed by atoms with Crippen molar-refractivity contribution in [3.05, 3.63) is 39.1 Å². The van der Waals surface area contributed by atoms with Gasteiger partial charge >= 0.3 is 5.97 Å². The van der Waals surface area contributed by atoms with Crippen LogP contribution in [0.5, 0.6) is 0 Å². The fourth-order valence-corrected chi connectivity index (χ4v) is 2.17. The van der Waals surface area contributed by atoms with E-state index in [2.05, 4.69) is 20.9 Å². The quantitative estimate of drug-likeness (QED) is 0.889. The van der Waals surface area contributed by atoms with Crippen molar-refractivity contribution in [3.63, 3.8) is 0 Å². The minimum atomic E-state index is -3.04. The summed E-state index contributed by atoms with van der Waals surface area (Å²) in [6.07, 6.45) is -3.04. The molecule has 0 radical (unpaired) electrons. The predicted octanol–water partition coefficient (Wildman–Crippen LogP) is 4.39. The summed E-state index contributed by atoms with van der Waals surface area (Å²) in [5.74, 6) is -2.75. The van der Waals surface area contributed by atoms with Gasteiger partial charge < -0.3 is 9.52 Å². The maximum atomic E-state index is 12.7. The molecule has 1 aromatic carbocycles. The van der Waals surface area contributed by atoms with Crippen molar-refractivity contribution < 1.29 is 23.1 Å². The number of aromatic nitrogens is 1. The van der Waals surface area contributed by atoms with Crippen LogP contribution in [0.1, 0.15) is 22.7 Å². The molecule has 1 N–H and O–H groups in total. The van der Waals surface area contributed by atoms with Crippen molar-refractivity contribution in [1.82, 2.24) is 4.98 Å². The molecule has 8 heteroatoms. The molecule has 0 aliphatic heterocycles. The highest BCUT2D eigenvalue weighted by atomic mass is 79.9. The Morgan fingerprint density at radius 3 is 2.63 bits per heavy atom. The van der Waals surface area contributed by atoms with Crippen molar-refractivity contribution in [2.45, 2.75) is 6.43 Å². The molecular formula is C11H5BrClF2NO3. The highest BCUT2D eigenvalue weighted by molar-refractivity contribution is 9.10. The van der Waals surface area contributed by atoms with Gasteiger partial charge in [-0.1, -0.05) is 27.5 Å². The van der Waals surface area contributed by atoms with Gasteiger partial charge in [0, 0.05) is 4.47 Å². The zero-order valence-corrected chi connectivity index (χ0v) is 11.4. The fraction of sp³-hybridized carbons (Fsp3) is 0.0909. The van der Waals surface area contributed by atoms with Crippen LogP contribution in [0.25, 0.3) is 11.5 Å². The molecule has 2 rings (SSSR count). The SMILES string of the molecule is O=C(O)c1oc(-c2ccc(Br)cc2Cl)nc1C(F)F. The Kier molecular flexibility index (Phi) is 3.86. The second kappa shape index (κ2) is 5.26. The first-order valence-corrected chi connectivity index (χ1v) is 6.05. The number of rotatable bonds is 3. The lowest BCUT2D eigenvalue weighted by Crippen LogP contribution is -1.99. The number of hydrogen-bond acceptors (Lipinski definition) is 3. The number of carboxylic acid groups (broad SMARTS) is 1. The molecule has 0 bridgehead atoms. The normalized spacial score (nSPS) is 11.0. The van der Waals surface area contributed by atoms with Crippen molar-refractivity contribution in [1.29, 1.82) is 0 Å². The first-order valence-electron chi connectivity index (χ1n) is 4.87. The first kappa shape index (κ1) is 14.0. The van der Waals surface area contributed by atoms with Gasteiger partial charge in [-0.3, -0.25) is 0 Å². The van der Waals surface area contributed by atoms with Crippen LogP contribution in [0.3, 0.4) is 0 Å². The molecule has 0 atom stereocenters. The summed E-state index contributed by atoms with van der Waals surface area (Å²) in [5.41, 5.74) is -0.680. The third-order valence-electron chi connectivity index (χ3n) is 2.22. The summed E-state index contributed by atoms with van der Waals surface area (Å²) in [4.78, 5) is 14.3. The van der Waals surface area contributed by atoms with Crippen molar-refractivity contribution >= 4 is 33.5 Å². The Labute approximate surface area is 119 Å². The smallest absolute Gasteiger partial charge is 0.374 e. The summed E-state index contributed by atoms with van der Waals surface area (Å²) in [7, 11) is 0. The second-order valence-corrected chi connectivity index (χ2v) is 4.79. The van der Waals surface area contributed by atoms with Crippen LogP contribution in [0.2, 0.25) is 5.02 Å². The van der Waals surface area contributed by atoms with Crippen molar-refractivity contribution in [2.75, 3.05) is 0 Å². The highest BCUT2D eigenvalue weighted by Crippen LogP contribution is 2.33. The molecule has 1 aromatic heterocycles. The topological polar surface area (TPSA) is 63.3 Å². The Hall–Kier alpha value is -1.47. The Balaban J connectivity index is 2.57. The van der Waals surface area contributed by atoms with E-state index in [0.29, 0.717) is 4.47 Å². The predicted molar refractivity (Wildman–Crippen MR) is 66.6 cm³/mol. The summed E-state index contributed by atoms with van der Waals surface area (Å²) >= 11 is 9.11. The number of hydrogen-bond donors (Lipinski definition) is 1. The summed E-state index contributed by atoms with van der Waals surface area (Å²) in [5, 5.41) is 8.98. The van der Waals surface area contributed by atoms with E-state index in [9.17, 15) is 13.6 Å². The maximum Gasteiger partial charge on any atom is 0.374 e. The zero-order chi connectivity index (χ0) is 14.2. The van der Waals surface area contributed by atoms with Gasteiger partial charge in [-0.15, -0.1) is 0 Å². The highest BCUT2D eigenvalue weighted by Gasteiger charge is 2.27. The van der Waals surface area contributed by atoms with Gasteiger partial charge in [-0.2, -0.15) is 0 Å². The lowest BCUT2D eigenvalue weighted by atomic mass is 10.2. The largest absolute Gasteiger partial charge is 0.475 e. The summed E-state index contributed by atoms with van der Waals surface area (Å²) < 4.78 is 30.8. The van der Waals surface area contributed by atoms with E-state index in [1.54, 1.807) is 6.07 Å². The molecule has 0 saturated carbocycles. The van der Waals surface area contributed by atoms with Gasteiger partial charge in [0.05, 0.1) is 10.6 Å². The molecule has 0 amide bonds. The Bertz CT molecular complexity index is 645. The van der Waals surface area contributed by atoms with E-state index >= 15 is 0 Å². The van der Waals surface area contributed by atoms with Gasteiger partial charge in [0.25, 0.3) is 6.43 Å². The average molecular weight is 353 g/mol. The summed E-state index contributed by atoms with van der Waals surface area (Å²) in [6.45, 7) is 0. The molecule has 0 saturated heterocycles. The molecule has 0 unspecified atom stereocenters. The molecule has 2 aromatic rings. The summed E-state index contributed by atoms with van der Waals surface area (Å²) in [6, 6.07) is 4.61. The van der Waals surface area contributed by atoms with Crippen LogP contribution in [0.4, 0.5) is 8.78 Å². The van der Waals surface area contributed by atoms with E-state index in [4.69, 9.17) is 21.1 Å². The Morgan fingerprint density at radius 1 is 1.47 bits per heavy atom. The average Bonchev–Trinajstić information content (AvgIpc) is 2.73. The number of carbonyl (C=O) groups is 1. The van der Waals surface area contributed by atoms with Gasteiger partial charge in [0.2, 0.25) is 11.7 Å².